The smallest absolute Gasteiger partial charge is 0.216 e. The van der Waals surface area contributed by atoms with Crippen molar-refractivity contribution in [2.75, 3.05) is 0 Å². The van der Waals surface area contributed by atoms with Crippen molar-refractivity contribution in [1.82, 2.24) is 9.55 Å². The maximum atomic E-state index is 13.4. The Balaban J connectivity index is 1.37. The maximum absolute atomic E-state index is 13.4. The summed E-state index contributed by atoms with van der Waals surface area (Å²) in [5.41, 5.74) is 4.27. The van der Waals surface area contributed by atoms with E-state index in [1.54, 1.807) is 38.7 Å². The molecule has 2 heterocycles. The summed E-state index contributed by atoms with van der Waals surface area (Å²) in [5, 5.41) is 0.185. The topological polar surface area (TPSA) is 69.0 Å². The van der Waals surface area contributed by atoms with Gasteiger partial charge in [0.25, 0.3) is 0 Å². The van der Waals surface area contributed by atoms with Crippen molar-refractivity contribution >= 4 is 29.8 Å². The molecular weight excluding hydrogens is 471 g/mol. The third-order valence-electron chi connectivity index (χ3n) is 8.27. The lowest BCUT2D eigenvalue weighted by molar-refractivity contribution is -0.118. The molecule has 2 atom stereocenters. The van der Waals surface area contributed by atoms with Crippen LogP contribution < -0.4 is 5.43 Å². The van der Waals surface area contributed by atoms with Gasteiger partial charge in [0.2, 0.25) is 12.7 Å². The molecule has 2 aromatic heterocycles. The van der Waals surface area contributed by atoms with Crippen LogP contribution in [0.5, 0.6) is 0 Å². The lowest BCUT2D eigenvalue weighted by Gasteiger charge is -2.22. The number of carbonyl (C=O) groups excluding carboxylic acids is 2. The number of fused-ring (bicyclic) bond motifs is 1. The molecule has 6 heteroatoms. The fourth-order valence-electron chi connectivity index (χ4n) is 5.66. The van der Waals surface area contributed by atoms with Crippen LogP contribution in [0, 0.1) is 11.8 Å². The van der Waals surface area contributed by atoms with Crippen LogP contribution in [0.1, 0.15) is 61.9 Å². The lowest BCUT2D eigenvalue weighted by Crippen LogP contribution is -2.29. The molecule has 0 unspecified atom stereocenters. The summed E-state index contributed by atoms with van der Waals surface area (Å²) >= 11 is 0. The van der Waals surface area contributed by atoms with E-state index in [2.05, 4.69) is 49.2 Å². The summed E-state index contributed by atoms with van der Waals surface area (Å²) in [4.78, 5) is 42.9. The van der Waals surface area contributed by atoms with Gasteiger partial charge in [0.1, 0.15) is 17.1 Å². The largest absolute Gasteiger partial charge is 0.306 e. The van der Waals surface area contributed by atoms with Gasteiger partial charge in [-0.05, 0) is 66.1 Å². The Morgan fingerprint density at radius 2 is 1.76 bits per heavy atom. The van der Waals surface area contributed by atoms with Crippen molar-refractivity contribution in [2.24, 2.45) is 11.8 Å². The maximum Gasteiger partial charge on any atom is 0.216 e. The number of hydrogen-bond acceptors (Lipinski definition) is 4. The molecule has 0 amide bonds. The minimum absolute atomic E-state index is 0.161. The van der Waals surface area contributed by atoms with Crippen molar-refractivity contribution in [3.05, 3.63) is 94.4 Å². The number of Topliss-reactive ketones (excluding diaryl/α,β-unsaturated/α-hetero) is 1. The monoisotopic (exact) mass is 501 g/mol. The number of benzene rings is 2. The fourth-order valence-corrected chi connectivity index (χ4v) is 5.66. The minimum atomic E-state index is -0.284. The Labute approximate surface area is 223 Å². The average Bonchev–Trinajstić information content (AvgIpc) is 3.82. The second-order valence-corrected chi connectivity index (χ2v) is 11.5. The zero-order chi connectivity index (χ0) is 26.6. The highest BCUT2D eigenvalue weighted by atomic mass is 16.1. The molecule has 4 aromatic rings. The average molecular weight is 501 g/mol. The summed E-state index contributed by atoms with van der Waals surface area (Å²) in [7, 11) is 1.72. The van der Waals surface area contributed by atoms with E-state index in [4.69, 9.17) is 0 Å². The molecule has 0 spiro atoms. The predicted octanol–water partition coefficient (Wildman–Crippen LogP) is 6.20. The van der Waals surface area contributed by atoms with E-state index in [9.17, 15) is 14.4 Å². The van der Waals surface area contributed by atoms with Crippen molar-refractivity contribution in [3.63, 3.8) is 0 Å². The summed E-state index contributed by atoms with van der Waals surface area (Å²) in [5.74, 6) is 1.26. The Kier molecular flexibility index (Phi) is 5.94. The van der Waals surface area contributed by atoms with Crippen molar-refractivity contribution in [2.45, 2.75) is 51.3 Å². The van der Waals surface area contributed by atoms with Crippen LogP contribution >= 0.6 is 0 Å². The molecular formula is C32H30BN2O3. The summed E-state index contributed by atoms with van der Waals surface area (Å²) in [6, 6.07) is 19.9. The second kappa shape index (κ2) is 9.19. The second-order valence-electron chi connectivity index (χ2n) is 11.5. The lowest BCUT2D eigenvalue weighted by atomic mass is 9.48. The Hall–Kier alpha value is -3.80. The molecule has 38 heavy (non-hydrogen) atoms. The van der Waals surface area contributed by atoms with E-state index in [0.29, 0.717) is 22.9 Å². The normalized spacial score (nSPS) is 18.8. The van der Waals surface area contributed by atoms with Gasteiger partial charge >= 0.3 is 0 Å². The summed E-state index contributed by atoms with van der Waals surface area (Å²) < 4.78 is 1.85. The molecule has 0 aliphatic heterocycles. The zero-order valence-corrected chi connectivity index (χ0v) is 22.0. The molecule has 2 fully saturated rings. The van der Waals surface area contributed by atoms with Gasteiger partial charge in [-0.25, -0.2) is 4.98 Å². The van der Waals surface area contributed by atoms with Crippen LogP contribution in [0.4, 0.5) is 0 Å². The van der Waals surface area contributed by atoms with E-state index >= 15 is 0 Å². The highest BCUT2D eigenvalue weighted by Gasteiger charge is 2.42. The van der Waals surface area contributed by atoms with Crippen LogP contribution in [0.2, 0.25) is 5.31 Å². The first-order valence-electron chi connectivity index (χ1n) is 13.3. The number of aromatic nitrogens is 2. The molecule has 0 N–H and O–H groups in total. The standard InChI is InChI=1S/C32H30BN2O3/c1-19(36)26-17-27(26)21-11-9-20(10-12-21)22-6-4-7-24(16-22)35-18-28(29(37)25-8-5-15-34-31(25)35)30(38)33-32(2,3)23-13-14-23/h4-12,15-16,18,23,26-27H,13-14,17H2,1-3H3/t26-,27-/m0/s1. The van der Waals surface area contributed by atoms with E-state index in [-0.39, 0.29) is 33.7 Å². The molecule has 189 valence electrons. The van der Waals surface area contributed by atoms with Crippen LogP contribution in [0.25, 0.3) is 27.8 Å². The first-order chi connectivity index (χ1) is 18.2. The van der Waals surface area contributed by atoms with Gasteiger partial charge in [-0.2, -0.15) is 0 Å². The number of rotatable bonds is 8. The van der Waals surface area contributed by atoms with Gasteiger partial charge in [0.05, 0.1) is 10.9 Å². The molecule has 0 bridgehead atoms. The van der Waals surface area contributed by atoms with E-state index in [1.807, 2.05) is 22.8 Å². The zero-order valence-electron chi connectivity index (χ0n) is 22.0. The summed E-state index contributed by atoms with van der Waals surface area (Å²) in [6.07, 6.45) is 6.49. The van der Waals surface area contributed by atoms with E-state index in [1.165, 1.54) is 5.56 Å². The molecule has 2 aliphatic carbocycles. The number of pyridine rings is 2. The molecule has 2 aliphatic rings. The molecule has 1 radical (unpaired) electrons. The van der Waals surface area contributed by atoms with Crippen LogP contribution in [-0.2, 0) is 4.79 Å². The Bertz CT molecular complexity index is 1630. The van der Waals surface area contributed by atoms with Gasteiger partial charge in [-0.15, -0.1) is 0 Å². The first kappa shape index (κ1) is 24.5. The Morgan fingerprint density at radius 1 is 1.00 bits per heavy atom. The van der Waals surface area contributed by atoms with E-state index in [0.717, 1.165) is 36.1 Å². The molecule has 5 nitrogen and oxygen atoms in total. The van der Waals surface area contributed by atoms with Gasteiger partial charge in [0, 0.05) is 24.0 Å². The third kappa shape index (κ3) is 4.53. The highest BCUT2D eigenvalue weighted by molar-refractivity contribution is 6.79. The van der Waals surface area contributed by atoms with Gasteiger partial charge in [-0.1, -0.05) is 68.4 Å². The minimum Gasteiger partial charge on any atom is -0.306 e. The molecule has 2 saturated carbocycles. The van der Waals surface area contributed by atoms with E-state index < -0.39 is 0 Å². The third-order valence-corrected chi connectivity index (χ3v) is 8.27. The number of hydrogen-bond donors (Lipinski definition) is 0. The highest BCUT2D eigenvalue weighted by Crippen LogP contribution is 2.50. The van der Waals surface area contributed by atoms with Crippen molar-refractivity contribution in [1.29, 1.82) is 0 Å². The fraction of sp³-hybridized carbons (Fsp3) is 0.312. The van der Waals surface area contributed by atoms with Gasteiger partial charge in [-0.3, -0.25) is 9.59 Å². The molecule has 2 aromatic carbocycles. The SMILES string of the molecule is CC(=O)[C@@H]1C[C@H]1c1ccc(-c2cccc(-n3cc(C(=O)[B]C(C)(C)C4CC4)c(=O)c4cccnc43)c2)cc1. The van der Waals surface area contributed by atoms with Crippen molar-refractivity contribution in [3.8, 4) is 16.8 Å². The molecule has 6 rings (SSSR count). The predicted molar refractivity (Wildman–Crippen MR) is 151 cm³/mol. The van der Waals surface area contributed by atoms with Crippen LogP contribution in [0.3, 0.4) is 0 Å². The van der Waals surface area contributed by atoms with Gasteiger partial charge in [0.15, 0.2) is 0 Å². The molecule has 0 saturated heterocycles. The van der Waals surface area contributed by atoms with Crippen molar-refractivity contribution < 1.29 is 9.59 Å². The Morgan fingerprint density at radius 3 is 2.45 bits per heavy atom. The van der Waals surface area contributed by atoms with Gasteiger partial charge < -0.3 is 9.36 Å². The quantitative estimate of drug-likeness (QED) is 0.270. The van der Waals surface area contributed by atoms with Crippen LogP contribution in [-0.4, -0.2) is 28.3 Å². The summed E-state index contributed by atoms with van der Waals surface area (Å²) in [6.45, 7) is 5.81. The number of ketones is 1. The number of carbonyl (C=O) groups is 2. The van der Waals surface area contributed by atoms with Crippen LogP contribution in [0.15, 0.2) is 77.9 Å². The first-order valence-corrected chi connectivity index (χ1v) is 13.3. The number of nitrogens with zero attached hydrogens (tertiary/aromatic N) is 2.